The summed E-state index contributed by atoms with van der Waals surface area (Å²) in [5.74, 6) is 0. The van der Waals surface area contributed by atoms with E-state index in [4.69, 9.17) is 5.11 Å². The van der Waals surface area contributed by atoms with E-state index in [-0.39, 0.29) is 6.61 Å². The third-order valence-electron chi connectivity index (χ3n) is 1.23. The molecule has 0 unspecified atom stereocenters. The normalized spacial score (nSPS) is 10.1. The molecule has 1 aromatic heterocycles. The van der Waals surface area contributed by atoms with Crippen LogP contribution >= 0.6 is 27.3 Å². The lowest BCUT2D eigenvalue weighted by atomic mass is 10.6. The summed E-state index contributed by atoms with van der Waals surface area (Å²) < 4.78 is 0.849. The molecule has 1 heterocycles. The van der Waals surface area contributed by atoms with Crippen molar-refractivity contribution < 1.29 is 5.11 Å². The summed E-state index contributed by atoms with van der Waals surface area (Å²) >= 11 is 4.82. The highest BCUT2D eigenvalue weighted by Gasteiger charge is 2.03. The van der Waals surface area contributed by atoms with Crippen LogP contribution in [0.5, 0.6) is 0 Å². The second-order valence-corrected chi connectivity index (χ2v) is 3.75. The van der Waals surface area contributed by atoms with Crippen LogP contribution in [0.1, 0.15) is 0 Å². The zero-order valence-corrected chi connectivity index (χ0v) is 8.52. The SMILES string of the molecule is CN(CCO)c1nc(Br)cs1. The minimum atomic E-state index is 0.160. The number of aliphatic hydroxyl groups excluding tert-OH is 1. The maximum absolute atomic E-state index is 8.63. The van der Waals surface area contributed by atoms with Gasteiger partial charge in [-0.15, -0.1) is 11.3 Å². The Balaban J connectivity index is 2.60. The van der Waals surface area contributed by atoms with E-state index >= 15 is 0 Å². The smallest absolute Gasteiger partial charge is 0.186 e. The summed E-state index contributed by atoms with van der Waals surface area (Å²) in [5.41, 5.74) is 0. The number of likely N-dealkylation sites (N-methyl/N-ethyl adjacent to an activating group) is 1. The molecule has 0 spiro atoms. The molecule has 11 heavy (non-hydrogen) atoms. The van der Waals surface area contributed by atoms with Crippen LogP contribution in [0.4, 0.5) is 5.13 Å². The van der Waals surface area contributed by atoms with E-state index in [1.807, 2.05) is 17.3 Å². The van der Waals surface area contributed by atoms with Crippen molar-refractivity contribution in [3.8, 4) is 0 Å². The van der Waals surface area contributed by atoms with Gasteiger partial charge >= 0.3 is 0 Å². The Bertz CT molecular complexity index is 228. The van der Waals surface area contributed by atoms with Crippen molar-refractivity contribution >= 4 is 32.4 Å². The molecule has 0 saturated heterocycles. The highest BCUT2D eigenvalue weighted by molar-refractivity contribution is 9.10. The summed E-state index contributed by atoms with van der Waals surface area (Å²) in [6.45, 7) is 0.785. The van der Waals surface area contributed by atoms with Gasteiger partial charge in [0.25, 0.3) is 0 Å². The molecular weight excluding hydrogens is 228 g/mol. The Morgan fingerprint density at radius 1 is 1.82 bits per heavy atom. The monoisotopic (exact) mass is 236 g/mol. The van der Waals surface area contributed by atoms with E-state index in [0.29, 0.717) is 6.54 Å². The Kier molecular flexibility index (Phi) is 3.29. The third-order valence-corrected chi connectivity index (χ3v) is 2.89. The molecule has 0 fully saturated rings. The van der Waals surface area contributed by atoms with Gasteiger partial charge in [-0.05, 0) is 15.9 Å². The molecule has 5 heteroatoms. The molecule has 0 saturated carbocycles. The topological polar surface area (TPSA) is 36.4 Å². The lowest BCUT2D eigenvalue weighted by Crippen LogP contribution is -2.20. The van der Waals surface area contributed by atoms with Crippen molar-refractivity contribution in [3.05, 3.63) is 9.98 Å². The van der Waals surface area contributed by atoms with E-state index in [1.165, 1.54) is 0 Å². The fraction of sp³-hybridized carbons (Fsp3) is 0.500. The molecule has 0 amide bonds. The van der Waals surface area contributed by atoms with Crippen LogP contribution in [0.15, 0.2) is 9.98 Å². The zero-order valence-electron chi connectivity index (χ0n) is 6.12. The van der Waals surface area contributed by atoms with Gasteiger partial charge in [0.15, 0.2) is 5.13 Å². The molecule has 0 aliphatic carbocycles. The summed E-state index contributed by atoms with van der Waals surface area (Å²) in [6, 6.07) is 0. The van der Waals surface area contributed by atoms with Gasteiger partial charge in [-0.25, -0.2) is 4.98 Å². The molecule has 1 N–H and O–H groups in total. The van der Waals surface area contributed by atoms with Crippen molar-refractivity contribution in [2.45, 2.75) is 0 Å². The van der Waals surface area contributed by atoms with E-state index in [2.05, 4.69) is 20.9 Å². The first-order valence-corrected chi connectivity index (χ1v) is 4.84. The molecule has 0 bridgehead atoms. The summed E-state index contributed by atoms with van der Waals surface area (Å²) in [6.07, 6.45) is 0. The van der Waals surface area contributed by atoms with Gasteiger partial charge < -0.3 is 10.0 Å². The number of aromatic nitrogens is 1. The first-order valence-electron chi connectivity index (χ1n) is 3.17. The van der Waals surface area contributed by atoms with Crippen molar-refractivity contribution in [2.75, 3.05) is 25.1 Å². The number of hydrogen-bond donors (Lipinski definition) is 1. The number of rotatable bonds is 3. The van der Waals surface area contributed by atoms with Crippen molar-refractivity contribution in [2.24, 2.45) is 0 Å². The van der Waals surface area contributed by atoms with E-state index in [0.717, 1.165) is 9.73 Å². The highest BCUT2D eigenvalue weighted by atomic mass is 79.9. The van der Waals surface area contributed by atoms with Gasteiger partial charge in [0.05, 0.1) is 6.61 Å². The van der Waals surface area contributed by atoms with Crippen LogP contribution < -0.4 is 4.90 Å². The average molecular weight is 237 g/mol. The first-order chi connectivity index (χ1) is 5.24. The van der Waals surface area contributed by atoms with Crippen LogP contribution in [0, 0.1) is 0 Å². The van der Waals surface area contributed by atoms with Crippen molar-refractivity contribution in [3.63, 3.8) is 0 Å². The predicted molar refractivity (Wildman–Crippen MR) is 50.2 cm³/mol. The van der Waals surface area contributed by atoms with E-state index < -0.39 is 0 Å². The fourth-order valence-corrected chi connectivity index (χ4v) is 1.91. The van der Waals surface area contributed by atoms with Crippen molar-refractivity contribution in [1.29, 1.82) is 0 Å². The number of halogens is 1. The maximum Gasteiger partial charge on any atom is 0.186 e. The van der Waals surface area contributed by atoms with Gasteiger partial charge in [-0.3, -0.25) is 0 Å². The lowest BCUT2D eigenvalue weighted by molar-refractivity contribution is 0.304. The van der Waals surface area contributed by atoms with Crippen molar-refractivity contribution in [1.82, 2.24) is 4.98 Å². The Morgan fingerprint density at radius 2 is 2.55 bits per heavy atom. The van der Waals surface area contributed by atoms with Gasteiger partial charge in [0.2, 0.25) is 0 Å². The second-order valence-electron chi connectivity index (χ2n) is 2.10. The standard InChI is InChI=1S/C6H9BrN2OS/c1-9(2-3-10)6-8-5(7)4-11-6/h4,10H,2-3H2,1H3. The number of nitrogens with zero attached hydrogens (tertiary/aromatic N) is 2. The molecule has 0 atom stereocenters. The maximum atomic E-state index is 8.63. The molecule has 62 valence electrons. The van der Waals surface area contributed by atoms with Gasteiger partial charge in [0, 0.05) is 19.0 Å². The van der Waals surface area contributed by atoms with Gasteiger partial charge in [-0.1, -0.05) is 0 Å². The number of hydrogen-bond acceptors (Lipinski definition) is 4. The highest BCUT2D eigenvalue weighted by Crippen LogP contribution is 2.21. The Morgan fingerprint density at radius 3 is 3.00 bits per heavy atom. The molecule has 0 aromatic carbocycles. The lowest BCUT2D eigenvalue weighted by Gasteiger charge is -2.12. The number of anilines is 1. The van der Waals surface area contributed by atoms with Gasteiger partial charge in [-0.2, -0.15) is 0 Å². The molecule has 0 radical (unpaired) electrons. The van der Waals surface area contributed by atoms with E-state index in [1.54, 1.807) is 11.3 Å². The quantitative estimate of drug-likeness (QED) is 0.861. The van der Waals surface area contributed by atoms with Gasteiger partial charge in [0.1, 0.15) is 4.60 Å². The molecular formula is C6H9BrN2OS. The fourth-order valence-electron chi connectivity index (χ4n) is 0.666. The second kappa shape index (κ2) is 4.04. The third kappa shape index (κ3) is 2.43. The van der Waals surface area contributed by atoms with Crippen LogP contribution in [0.3, 0.4) is 0 Å². The van der Waals surface area contributed by atoms with Crippen LogP contribution in [0.2, 0.25) is 0 Å². The van der Waals surface area contributed by atoms with E-state index in [9.17, 15) is 0 Å². The van der Waals surface area contributed by atoms with Crippen LogP contribution in [-0.2, 0) is 0 Å². The molecule has 0 aliphatic rings. The Hall–Kier alpha value is -0.130. The minimum Gasteiger partial charge on any atom is -0.395 e. The predicted octanol–water partition coefficient (Wildman–Crippen LogP) is 1.33. The zero-order chi connectivity index (χ0) is 8.27. The molecule has 1 aromatic rings. The molecule has 0 aliphatic heterocycles. The number of aliphatic hydroxyl groups is 1. The summed E-state index contributed by atoms with van der Waals surface area (Å²) in [7, 11) is 1.90. The largest absolute Gasteiger partial charge is 0.395 e. The first kappa shape index (κ1) is 8.96. The average Bonchev–Trinajstić information content (AvgIpc) is 2.36. The van der Waals surface area contributed by atoms with Crippen LogP contribution in [0.25, 0.3) is 0 Å². The summed E-state index contributed by atoms with van der Waals surface area (Å²) in [4.78, 5) is 6.09. The number of thiazole rings is 1. The minimum absolute atomic E-state index is 0.160. The van der Waals surface area contributed by atoms with Crippen LogP contribution in [-0.4, -0.2) is 30.3 Å². The molecule has 1 rings (SSSR count). The summed E-state index contributed by atoms with van der Waals surface area (Å²) in [5, 5.41) is 11.5. The molecule has 3 nitrogen and oxygen atoms in total. The Labute approximate surface area is 77.8 Å².